The van der Waals surface area contributed by atoms with E-state index < -0.39 is 70.6 Å². The summed E-state index contributed by atoms with van der Waals surface area (Å²) in [6.45, 7) is 4.38. The number of hydrogen-bond acceptors (Lipinski definition) is 6. The zero-order valence-electron chi connectivity index (χ0n) is 24.6. The van der Waals surface area contributed by atoms with Gasteiger partial charge in [-0.15, -0.1) is 0 Å². The first-order valence-corrected chi connectivity index (χ1v) is 14.8. The number of aromatic nitrogens is 2. The van der Waals surface area contributed by atoms with Crippen molar-refractivity contribution < 1.29 is 49.9 Å². The molecule has 2 fully saturated rings. The number of nitrogens with zero attached hydrogens (tertiary/aromatic N) is 4. The number of hydrogen-bond donors (Lipinski definition) is 0. The largest absolute Gasteiger partial charge is 0.444 e. The van der Waals surface area contributed by atoms with Crippen LogP contribution in [0.15, 0.2) is 47.5 Å². The Balaban J connectivity index is 1.36. The van der Waals surface area contributed by atoms with Gasteiger partial charge in [0.1, 0.15) is 11.8 Å². The van der Waals surface area contributed by atoms with Gasteiger partial charge in [-0.2, -0.15) is 31.4 Å². The molecule has 0 radical (unpaired) electrons. The number of carbonyl (C=O) groups excluding carboxylic acids is 3. The van der Waals surface area contributed by atoms with Crippen molar-refractivity contribution in [2.24, 2.45) is 0 Å². The molecule has 2 aromatic carbocycles. The van der Waals surface area contributed by atoms with Crippen molar-refractivity contribution in [2.75, 3.05) is 13.1 Å². The van der Waals surface area contributed by atoms with Crippen LogP contribution in [0.25, 0.3) is 17.0 Å². The number of thioether (sulfide) groups is 1. The molecule has 2 saturated heterocycles. The van der Waals surface area contributed by atoms with Gasteiger partial charge in [-0.05, 0) is 80.4 Å². The minimum atomic E-state index is -5.04. The first kappa shape index (κ1) is 33.3. The molecule has 2 atom stereocenters. The fourth-order valence-electron chi connectivity index (χ4n) is 5.19. The Kier molecular flexibility index (Phi) is 8.64. The van der Waals surface area contributed by atoms with Crippen molar-refractivity contribution in [3.8, 4) is 0 Å². The summed E-state index contributed by atoms with van der Waals surface area (Å²) in [5.74, 6) is -0.744. The summed E-state index contributed by atoms with van der Waals surface area (Å²) < 4.78 is 102. The fourth-order valence-corrected chi connectivity index (χ4v) is 6.08. The second-order valence-electron chi connectivity index (χ2n) is 11.8. The van der Waals surface area contributed by atoms with E-state index in [2.05, 4.69) is 5.10 Å². The number of benzene rings is 2. The maximum absolute atomic E-state index is 15.0. The van der Waals surface area contributed by atoms with E-state index in [4.69, 9.17) is 4.74 Å². The van der Waals surface area contributed by atoms with Crippen molar-refractivity contribution in [1.82, 2.24) is 19.6 Å². The predicted octanol–water partition coefficient (Wildman–Crippen LogP) is 7.51. The van der Waals surface area contributed by atoms with Crippen LogP contribution in [-0.2, 0) is 28.4 Å². The highest BCUT2D eigenvalue weighted by Gasteiger charge is 2.46. The summed E-state index contributed by atoms with van der Waals surface area (Å²) in [6, 6.07) is 4.79. The molecule has 3 amide bonds. The number of imide groups is 1. The molecule has 0 spiro atoms. The SMILES string of the molecule is CC(C)(C)OC(=O)N1CC[C@H](F)[C@H](N2C(=O)S/C(=C\c3ccc4c(cnn4Cc4ccc(C(F)(F)F)cc4C(F)(F)F)c3)C2=O)C1. The van der Waals surface area contributed by atoms with Crippen LogP contribution < -0.4 is 0 Å². The normalized spacial score (nSPS) is 20.7. The van der Waals surface area contributed by atoms with Gasteiger partial charge < -0.3 is 9.64 Å². The third-order valence-electron chi connectivity index (χ3n) is 7.33. The van der Waals surface area contributed by atoms with Gasteiger partial charge in [-0.25, -0.2) is 9.18 Å². The lowest BCUT2D eigenvalue weighted by atomic mass is 10.0. The third kappa shape index (κ3) is 7.00. The molecule has 16 heteroatoms. The molecule has 8 nitrogen and oxygen atoms in total. The third-order valence-corrected chi connectivity index (χ3v) is 8.22. The van der Waals surface area contributed by atoms with E-state index in [9.17, 15) is 45.1 Å². The molecule has 0 aliphatic carbocycles. The molecular formula is C30H27F7N4O4S. The zero-order valence-corrected chi connectivity index (χ0v) is 25.4. The number of ether oxygens (including phenoxy) is 1. The summed E-state index contributed by atoms with van der Waals surface area (Å²) in [5.41, 5.74) is -3.27. The molecule has 5 rings (SSSR count). The molecule has 246 valence electrons. The molecule has 3 aromatic rings. The summed E-state index contributed by atoms with van der Waals surface area (Å²) in [7, 11) is 0. The highest BCUT2D eigenvalue weighted by atomic mass is 32.2. The van der Waals surface area contributed by atoms with E-state index in [-0.39, 0.29) is 30.5 Å². The lowest BCUT2D eigenvalue weighted by Gasteiger charge is -2.38. The fraction of sp³-hybridized carbons (Fsp3) is 0.400. The molecule has 3 heterocycles. The van der Waals surface area contributed by atoms with Gasteiger partial charge in [-0.3, -0.25) is 19.2 Å². The van der Waals surface area contributed by atoms with Gasteiger partial charge >= 0.3 is 18.4 Å². The highest BCUT2D eigenvalue weighted by Crippen LogP contribution is 2.39. The number of halogens is 7. The van der Waals surface area contributed by atoms with Crippen LogP contribution in [-0.4, -0.2) is 67.7 Å². The summed E-state index contributed by atoms with van der Waals surface area (Å²) in [4.78, 5) is 40.8. The maximum Gasteiger partial charge on any atom is 0.416 e. The summed E-state index contributed by atoms with van der Waals surface area (Å²) >= 11 is 0.601. The Bertz CT molecular complexity index is 1730. The van der Waals surface area contributed by atoms with Gasteiger partial charge in [0.25, 0.3) is 11.1 Å². The van der Waals surface area contributed by atoms with Gasteiger partial charge in [0.15, 0.2) is 0 Å². The molecule has 0 unspecified atom stereocenters. The van der Waals surface area contributed by atoms with Crippen molar-refractivity contribution >= 4 is 46.0 Å². The standard InChI is InChI=1S/C30H27F7N4O4S/c1-28(2,3)45-26(43)39-9-8-21(31)23(15-39)41-25(42)24(46-27(41)44)11-16-4-7-22-18(10-16)13-38-40(22)14-17-5-6-19(29(32,33)34)12-20(17)30(35,36)37/h4-7,10-13,21,23H,8-9,14-15H2,1-3H3/b24-11-/t21-,23+/m0/s1. The second kappa shape index (κ2) is 11.9. The minimum Gasteiger partial charge on any atom is -0.444 e. The Hall–Kier alpha value is -4.08. The smallest absolute Gasteiger partial charge is 0.416 e. The maximum atomic E-state index is 15.0. The van der Waals surface area contributed by atoms with E-state index in [1.807, 2.05) is 0 Å². The van der Waals surface area contributed by atoms with Crippen molar-refractivity contribution in [1.29, 1.82) is 0 Å². The van der Waals surface area contributed by atoms with Crippen LogP contribution in [0.3, 0.4) is 0 Å². The number of alkyl halides is 7. The van der Waals surface area contributed by atoms with Gasteiger partial charge in [0.2, 0.25) is 0 Å². The number of piperidine rings is 1. The summed E-state index contributed by atoms with van der Waals surface area (Å²) in [5, 5.41) is 3.83. The quantitative estimate of drug-likeness (QED) is 0.211. The Morgan fingerprint density at radius 3 is 2.41 bits per heavy atom. The molecule has 0 N–H and O–H groups in total. The number of fused-ring (bicyclic) bond motifs is 1. The van der Waals surface area contributed by atoms with Crippen molar-refractivity contribution in [2.45, 2.75) is 63.9 Å². The lowest BCUT2D eigenvalue weighted by Crippen LogP contribution is -2.57. The van der Waals surface area contributed by atoms with Crippen LogP contribution in [0.2, 0.25) is 0 Å². The second-order valence-corrected chi connectivity index (χ2v) is 12.8. The van der Waals surface area contributed by atoms with E-state index in [0.29, 0.717) is 34.3 Å². The van der Waals surface area contributed by atoms with E-state index >= 15 is 0 Å². The van der Waals surface area contributed by atoms with Crippen LogP contribution in [0.5, 0.6) is 0 Å². The number of likely N-dealkylation sites (tertiary alicyclic amines) is 1. The van der Waals surface area contributed by atoms with Gasteiger partial charge in [0, 0.05) is 18.5 Å². The predicted molar refractivity (Wildman–Crippen MR) is 154 cm³/mol. The van der Waals surface area contributed by atoms with Crippen LogP contribution in [0.4, 0.5) is 40.3 Å². The molecule has 2 aliphatic heterocycles. The average molecular weight is 673 g/mol. The first-order valence-electron chi connectivity index (χ1n) is 13.9. The zero-order chi connectivity index (χ0) is 33.8. The van der Waals surface area contributed by atoms with Gasteiger partial charge in [-0.1, -0.05) is 12.1 Å². The summed E-state index contributed by atoms with van der Waals surface area (Å²) in [6.07, 6.45) is -9.58. The molecule has 0 bridgehead atoms. The van der Waals surface area contributed by atoms with E-state index in [1.165, 1.54) is 34.0 Å². The molecular weight excluding hydrogens is 645 g/mol. The highest BCUT2D eigenvalue weighted by molar-refractivity contribution is 8.18. The van der Waals surface area contributed by atoms with Crippen LogP contribution >= 0.6 is 11.8 Å². The number of amides is 3. The molecule has 1 aromatic heterocycles. The topological polar surface area (TPSA) is 84.7 Å². The number of carbonyl (C=O) groups is 3. The van der Waals surface area contributed by atoms with Crippen molar-refractivity contribution in [3.63, 3.8) is 0 Å². The lowest BCUT2D eigenvalue weighted by molar-refractivity contribution is -0.143. The average Bonchev–Trinajstić information content (AvgIpc) is 3.45. The Morgan fingerprint density at radius 2 is 1.76 bits per heavy atom. The number of rotatable bonds is 4. The van der Waals surface area contributed by atoms with Crippen LogP contribution in [0, 0.1) is 0 Å². The monoisotopic (exact) mass is 672 g/mol. The van der Waals surface area contributed by atoms with Crippen LogP contribution in [0.1, 0.15) is 49.4 Å². The Morgan fingerprint density at radius 1 is 1.04 bits per heavy atom. The molecule has 2 aliphatic rings. The van der Waals surface area contributed by atoms with Gasteiger partial charge in [0.05, 0.1) is 40.3 Å². The first-order chi connectivity index (χ1) is 21.3. The molecule has 46 heavy (non-hydrogen) atoms. The molecule has 0 saturated carbocycles. The minimum absolute atomic E-state index is 0.00194. The Labute approximate surface area is 262 Å². The van der Waals surface area contributed by atoms with E-state index in [1.54, 1.807) is 26.8 Å². The van der Waals surface area contributed by atoms with E-state index in [0.717, 1.165) is 11.0 Å². The van der Waals surface area contributed by atoms with Crippen molar-refractivity contribution in [3.05, 3.63) is 69.8 Å².